The van der Waals surface area contributed by atoms with Crippen molar-refractivity contribution in [1.82, 2.24) is 4.98 Å². The molecular weight excluding hydrogens is 179 g/mol. The normalized spacial score (nSPS) is 9.36. The second-order valence-electron chi connectivity index (χ2n) is 3.12. The van der Waals surface area contributed by atoms with Crippen molar-refractivity contribution in [3.63, 3.8) is 0 Å². The predicted octanol–water partition coefficient (Wildman–Crippen LogP) is 3.38. The molecule has 1 aromatic rings. The molecule has 0 fully saturated rings. The third kappa shape index (κ3) is 4.21. The largest absolute Gasteiger partial charge is 0.368 e. The van der Waals surface area contributed by atoms with Gasteiger partial charge < -0.3 is 5.32 Å². The highest BCUT2D eigenvalue weighted by atomic mass is 19.1. The van der Waals surface area contributed by atoms with Crippen molar-refractivity contribution in [3.05, 3.63) is 23.6 Å². The minimum Gasteiger partial charge on any atom is -0.368 e. The van der Waals surface area contributed by atoms with Crippen molar-refractivity contribution >= 4 is 5.82 Å². The number of hydrogen-bond donors (Lipinski definition) is 1. The molecule has 0 bridgehead atoms. The van der Waals surface area contributed by atoms with E-state index in [1.54, 1.807) is 0 Å². The third-order valence-corrected chi connectivity index (χ3v) is 1.47. The maximum atomic E-state index is 12.6. The molecule has 0 aromatic carbocycles. The Labute approximate surface area is 85.6 Å². The molecule has 0 unspecified atom stereocenters. The maximum Gasteiger partial charge on any atom is 0.141 e. The van der Waals surface area contributed by atoms with Gasteiger partial charge in [-0.15, -0.1) is 0 Å². The zero-order valence-corrected chi connectivity index (χ0v) is 9.56. The molecule has 0 spiro atoms. The van der Waals surface area contributed by atoms with E-state index in [1.165, 1.54) is 12.3 Å². The Morgan fingerprint density at radius 3 is 2.36 bits per heavy atom. The summed E-state index contributed by atoms with van der Waals surface area (Å²) < 4.78 is 12.6. The summed E-state index contributed by atoms with van der Waals surface area (Å²) in [5.41, 5.74) is 0.837. The molecule has 0 radical (unpaired) electrons. The van der Waals surface area contributed by atoms with Gasteiger partial charge in [-0.05, 0) is 32.4 Å². The molecule has 0 saturated heterocycles. The fourth-order valence-electron chi connectivity index (χ4n) is 0.965. The monoisotopic (exact) mass is 198 g/mol. The lowest BCUT2D eigenvalue weighted by atomic mass is 10.2. The fraction of sp³-hybridized carbons (Fsp3) is 0.545. The number of hydrogen-bond acceptors (Lipinski definition) is 2. The van der Waals surface area contributed by atoms with Gasteiger partial charge in [-0.3, -0.25) is 0 Å². The lowest BCUT2D eigenvalue weighted by Crippen LogP contribution is -2.12. The quantitative estimate of drug-likeness (QED) is 0.788. The van der Waals surface area contributed by atoms with Crippen molar-refractivity contribution in [3.8, 4) is 0 Å². The zero-order chi connectivity index (χ0) is 11.1. The molecular formula is C11H19FN2. The summed E-state index contributed by atoms with van der Waals surface area (Å²) in [6.07, 6.45) is 1.22. The molecule has 0 amide bonds. The molecule has 0 saturated carbocycles. The number of pyridine rings is 1. The van der Waals surface area contributed by atoms with Crippen molar-refractivity contribution < 1.29 is 4.39 Å². The number of aromatic nitrogens is 1. The van der Waals surface area contributed by atoms with Crippen LogP contribution in [0.15, 0.2) is 12.3 Å². The second kappa shape index (κ2) is 6.35. The van der Waals surface area contributed by atoms with Gasteiger partial charge in [0.25, 0.3) is 0 Å². The standard InChI is InChI=1S/C9H13FN2.C2H6/c1-6(2)12-9-7(3)4-8(10)5-11-9;1-2/h4-6H,1-3H3,(H,11,12);1-2H3. The summed E-state index contributed by atoms with van der Waals surface area (Å²) in [5.74, 6) is 0.466. The highest BCUT2D eigenvalue weighted by Gasteiger charge is 2.01. The number of aryl methyl sites for hydroxylation is 1. The Balaban J connectivity index is 0.000000791. The summed E-state index contributed by atoms with van der Waals surface area (Å²) in [6.45, 7) is 9.87. The predicted molar refractivity (Wildman–Crippen MR) is 59.0 cm³/mol. The van der Waals surface area contributed by atoms with Gasteiger partial charge in [0.1, 0.15) is 11.6 Å². The first kappa shape index (κ1) is 12.9. The van der Waals surface area contributed by atoms with Gasteiger partial charge in [-0.25, -0.2) is 9.37 Å². The second-order valence-corrected chi connectivity index (χ2v) is 3.12. The van der Waals surface area contributed by atoms with Crippen LogP contribution in [0.1, 0.15) is 33.3 Å². The van der Waals surface area contributed by atoms with E-state index in [1.807, 2.05) is 34.6 Å². The Morgan fingerprint density at radius 2 is 1.93 bits per heavy atom. The first-order valence-electron chi connectivity index (χ1n) is 4.98. The van der Waals surface area contributed by atoms with Crippen LogP contribution in [0.5, 0.6) is 0 Å². The molecule has 1 rings (SSSR count). The molecule has 2 nitrogen and oxygen atoms in total. The molecule has 1 N–H and O–H groups in total. The molecule has 0 atom stereocenters. The third-order valence-electron chi connectivity index (χ3n) is 1.47. The van der Waals surface area contributed by atoms with E-state index >= 15 is 0 Å². The molecule has 0 aliphatic heterocycles. The van der Waals surface area contributed by atoms with E-state index in [4.69, 9.17) is 0 Å². The Morgan fingerprint density at radius 1 is 1.36 bits per heavy atom. The molecule has 14 heavy (non-hydrogen) atoms. The number of nitrogens with one attached hydrogen (secondary N) is 1. The van der Waals surface area contributed by atoms with Crippen LogP contribution >= 0.6 is 0 Å². The first-order chi connectivity index (χ1) is 6.59. The summed E-state index contributed by atoms with van der Waals surface area (Å²) >= 11 is 0. The van der Waals surface area contributed by atoms with Crippen LogP contribution in [0, 0.1) is 12.7 Å². The SMILES string of the molecule is CC.Cc1cc(F)cnc1NC(C)C. The summed E-state index contributed by atoms with van der Waals surface area (Å²) in [4.78, 5) is 3.93. The summed E-state index contributed by atoms with van der Waals surface area (Å²) in [6, 6.07) is 1.79. The average Bonchev–Trinajstić information content (AvgIpc) is 2.13. The highest BCUT2D eigenvalue weighted by Crippen LogP contribution is 2.12. The van der Waals surface area contributed by atoms with E-state index < -0.39 is 0 Å². The van der Waals surface area contributed by atoms with Crippen LogP contribution in [0.3, 0.4) is 0 Å². The number of anilines is 1. The Kier molecular flexibility index (Phi) is 5.84. The van der Waals surface area contributed by atoms with Crippen molar-refractivity contribution in [2.75, 3.05) is 5.32 Å². The first-order valence-corrected chi connectivity index (χ1v) is 4.98. The van der Waals surface area contributed by atoms with Gasteiger partial charge in [0.05, 0.1) is 6.20 Å². The fourth-order valence-corrected chi connectivity index (χ4v) is 0.965. The molecule has 1 heterocycles. The zero-order valence-electron chi connectivity index (χ0n) is 9.56. The van der Waals surface area contributed by atoms with Gasteiger partial charge in [0.15, 0.2) is 0 Å². The molecule has 0 aliphatic carbocycles. The smallest absolute Gasteiger partial charge is 0.141 e. The van der Waals surface area contributed by atoms with E-state index in [0.717, 1.165) is 11.4 Å². The van der Waals surface area contributed by atoms with Crippen molar-refractivity contribution in [2.24, 2.45) is 0 Å². The number of rotatable bonds is 2. The van der Waals surface area contributed by atoms with E-state index in [9.17, 15) is 4.39 Å². The molecule has 0 aliphatic rings. The van der Waals surface area contributed by atoms with Gasteiger partial charge in [-0.2, -0.15) is 0 Å². The minimum atomic E-state index is -0.290. The maximum absolute atomic E-state index is 12.6. The van der Waals surface area contributed by atoms with Crippen LogP contribution in [0.25, 0.3) is 0 Å². The summed E-state index contributed by atoms with van der Waals surface area (Å²) in [5, 5.41) is 3.12. The Hall–Kier alpha value is -1.12. The molecule has 80 valence electrons. The summed E-state index contributed by atoms with van der Waals surface area (Å²) in [7, 11) is 0. The van der Waals surface area contributed by atoms with Crippen LogP contribution in [-0.4, -0.2) is 11.0 Å². The van der Waals surface area contributed by atoms with Gasteiger partial charge in [-0.1, -0.05) is 13.8 Å². The van der Waals surface area contributed by atoms with Crippen LogP contribution in [0.2, 0.25) is 0 Å². The van der Waals surface area contributed by atoms with E-state index in [0.29, 0.717) is 6.04 Å². The van der Waals surface area contributed by atoms with E-state index in [-0.39, 0.29) is 5.82 Å². The lowest BCUT2D eigenvalue weighted by molar-refractivity contribution is 0.620. The van der Waals surface area contributed by atoms with Crippen LogP contribution < -0.4 is 5.32 Å². The molecule has 3 heteroatoms. The van der Waals surface area contributed by atoms with E-state index in [2.05, 4.69) is 10.3 Å². The minimum absolute atomic E-state index is 0.290. The average molecular weight is 198 g/mol. The van der Waals surface area contributed by atoms with Crippen LogP contribution in [0.4, 0.5) is 10.2 Å². The van der Waals surface area contributed by atoms with Crippen LogP contribution in [-0.2, 0) is 0 Å². The molecule has 1 aromatic heterocycles. The number of halogens is 1. The van der Waals surface area contributed by atoms with Gasteiger partial charge in [0, 0.05) is 6.04 Å². The lowest BCUT2D eigenvalue weighted by Gasteiger charge is -2.10. The van der Waals surface area contributed by atoms with Crippen molar-refractivity contribution in [2.45, 2.75) is 40.7 Å². The van der Waals surface area contributed by atoms with Gasteiger partial charge >= 0.3 is 0 Å². The number of nitrogens with zero attached hydrogens (tertiary/aromatic N) is 1. The highest BCUT2D eigenvalue weighted by molar-refractivity contribution is 5.43. The topological polar surface area (TPSA) is 24.9 Å². The van der Waals surface area contributed by atoms with Gasteiger partial charge in [0.2, 0.25) is 0 Å². The van der Waals surface area contributed by atoms with Crippen molar-refractivity contribution in [1.29, 1.82) is 0 Å². The Bertz CT molecular complexity index is 272.